The number of hydrogen-bond donors (Lipinski definition) is 1. The van der Waals surface area contributed by atoms with Crippen molar-refractivity contribution in [1.29, 1.82) is 0 Å². The molecule has 1 unspecified atom stereocenters. The molecule has 0 aliphatic heterocycles. The summed E-state index contributed by atoms with van der Waals surface area (Å²) in [6.07, 6.45) is 2.61. The first-order valence-corrected chi connectivity index (χ1v) is 6.65. The Morgan fingerprint density at radius 2 is 1.53 bits per heavy atom. The summed E-state index contributed by atoms with van der Waals surface area (Å²) >= 11 is 0. The largest absolute Gasteiger partial charge is 0.393 e. The zero-order valence-corrected chi connectivity index (χ0v) is 11.9. The van der Waals surface area contributed by atoms with Gasteiger partial charge in [-0.05, 0) is 62.6 Å². The summed E-state index contributed by atoms with van der Waals surface area (Å²) in [6.45, 7) is 10.8. The fourth-order valence-corrected chi connectivity index (χ4v) is 2.40. The maximum atomic E-state index is 10.1. The Morgan fingerprint density at radius 1 is 1.00 bits per heavy atom. The van der Waals surface area contributed by atoms with Crippen LogP contribution in [0.2, 0.25) is 0 Å². The summed E-state index contributed by atoms with van der Waals surface area (Å²) in [4.78, 5) is 0. The Morgan fingerprint density at radius 3 is 2.00 bits per heavy atom. The van der Waals surface area contributed by atoms with Gasteiger partial charge in [0.15, 0.2) is 0 Å². The van der Waals surface area contributed by atoms with Crippen LogP contribution in [0.5, 0.6) is 0 Å². The molecule has 1 aromatic carbocycles. The molecular formula is C16H26O. The third-order valence-corrected chi connectivity index (χ3v) is 3.36. The molecule has 0 bridgehead atoms. The molecular weight excluding hydrogens is 208 g/mol. The lowest BCUT2D eigenvalue weighted by Gasteiger charge is -2.16. The average molecular weight is 234 g/mol. The molecule has 1 rings (SSSR count). The molecule has 0 aliphatic carbocycles. The van der Waals surface area contributed by atoms with Crippen molar-refractivity contribution >= 4 is 0 Å². The SMILES string of the molecule is Cc1cc(C)c(CC(O)CCC(C)C)c(C)c1. The zero-order chi connectivity index (χ0) is 13.0. The standard InChI is InChI=1S/C16H26O/c1-11(2)6-7-15(17)10-16-13(4)8-12(3)9-14(16)5/h8-9,11,15,17H,6-7,10H2,1-5H3. The summed E-state index contributed by atoms with van der Waals surface area (Å²) in [5, 5.41) is 10.1. The molecule has 0 aromatic heterocycles. The predicted octanol–water partition coefficient (Wildman–Crippen LogP) is 3.95. The number of hydrogen-bond acceptors (Lipinski definition) is 1. The van der Waals surface area contributed by atoms with E-state index in [1.54, 1.807) is 0 Å². The number of rotatable bonds is 5. The minimum absolute atomic E-state index is 0.197. The van der Waals surface area contributed by atoms with Crippen LogP contribution < -0.4 is 0 Å². The predicted molar refractivity (Wildman–Crippen MR) is 74.4 cm³/mol. The first-order valence-electron chi connectivity index (χ1n) is 6.65. The minimum atomic E-state index is -0.197. The fraction of sp³-hybridized carbons (Fsp3) is 0.625. The number of aryl methyl sites for hydroxylation is 3. The summed E-state index contributed by atoms with van der Waals surface area (Å²) in [5.41, 5.74) is 5.25. The third kappa shape index (κ3) is 4.51. The van der Waals surface area contributed by atoms with Crippen molar-refractivity contribution in [2.45, 2.75) is 60.0 Å². The van der Waals surface area contributed by atoms with Gasteiger partial charge in [-0.1, -0.05) is 31.5 Å². The molecule has 0 heterocycles. The van der Waals surface area contributed by atoms with E-state index in [-0.39, 0.29) is 6.10 Å². The van der Waals surface area contributed by atoms with Gasteiger partial charge in [0.25, 0.3) is 0 Å². The molecule has 17 heavy (non-hydrogen) atoms. The van der Waals surface area contributed by atoms with Crippen molar-refractivity contribution < 1.29 is 5.11 Å². The molecule has 0 saturated carbocycles. The smallest absolute Gasteiger partial charge is 0.0580 e. The van der Waals surface area contributed by atoms with E-state index in [0.717, 1.165) is 19.3 Å². The van der Waals surface area contributed by atoms with Crippen LogP contribution >= 0.6 is 0 Å². The molecule has 1 heteroatoms. The highest BCUT2D eigenvalue weighted by Gasteiger charge is 2.11. The Balaban J connectivity index is 2.68. The molecule has 0 aliphatic rings. The number of benzene rings is 1. The van der Waals surface area contributed by atoms with Gasteiger partial charge in [-0.3, -0.25) is 0 Å². The van der Waals surface area contributed by atoms with E-state index in [4.69, 9.17) is 0 Å². The van der Waals surface area contributed by atoms with Gasteiger partial charge >= 0.3 is 0 Å². The maximum Gasteiger partial charge on any atom is 0.0580 e. The Kier molecular flexibility index (Phi) is 5.20. The zero-order valence-electron chi connectivity index (χ0n) is 11.9. The molecule has 1 atom stereocenters. The molecule has 0 saturated heterocycles. The van der Waals surface area contributed by atoms with Gasteiger partial charge in [0.1, 0.15) is 0 Å². The van der Waals surface area contributed by atoms with Gasteiger partial charge < -0.3 is 5.11 Å². The van der Waals surface area contributed by atoms with Gasteiger partial charge in [0.05, 0.1) is 6.10 Å². The van der Waals surface area contributed by atoms with Gasteiger partial charge in [-0.25, -0.2) is 0 Å². The molecule has 1 nitrogen and oxygen atoms in total. The van der Waals surface area contributed by atoms with Crippen molar-refractivity contribution in [2.24, 2.45) is 5.92 Å². The molecule has 0 radical (unpaired) electrons. The second-order valence-electron chi connectivity index (χ2n) is 5.71. The maximum absolute atomic E-state index is 10.1. The van der Waals surface area contributed by atoms with E-state index in [1.807, 2.05) is 0 Å². The van der Waals surface area contributed by atoms with Gasteiger partial charge in [-0.15, -0.1) is 0 Å². The average Bonchev–Trinajstić information content (AvgIpc) is 2.20. The highest BCUT2D eigenvalue weighted by Crippen LogP contribution is 2.20. The van der Waals surface area contributed by atoms with Crippen LogP contribution in [-0.2, 0) is 6.42 Å². The lowest BCUT2D eigenvalue weighted by molar-refractivity contribution is 0.156. The minimum Gasteiger partial charge on any atom is -0.393 e. The third-order valence-electron chi connectivity index (χ3n) is 3.36. The van der Waals surface area contributed by atoms with Crippen LogP contribution in [0.1, 0.15) is 48.9 Å². The molecule has 0 fully saturated rings. The van der Waals surface area contributed by atoms with Crippen molar-refractivity contribution in [3.63, 3.8) is 0 Å². The van der Waals surface area contributed by atoms with E-state index in [0.29, 0.717) is 5.92 Å². The van der Waals surface area contributed by atoms with Crippen LogP contribution in [0.4, 0.5) is 0 Å². The van der Waals surface area contributed by atoms with Crippen molar-refractivity contribution in [3.05, 3.63) is 34.4 Å². The van der Waals surface area contributed by atoms with Crippen LogP contribution in [0.25, 0.3) is 0 Å². The first kappa shape index (κ1) is 14.2. The summed E-state index contributed by atoms with van der Waals surface area (Å²) in [7, 11) is 0. The number of aliphatic hydroxyl groups excluding tert-OH is 1. The van der Waals surface area contributed by atoms with E-state index in [1.165, 1.54) is 22.3 Å². The molecule has 1 aromatic rings. The second-order valence-corrected chi connectivity index (χ2v) is 5.71. The van der Waals surface area contributed by atoms with Gasteiger partial charge in [0.2, 0.25) is 0 Å². The monoisotopic (exact) mass is 234 g/mol. The molecule has 96 valence electrons. The quantitative estimate of drug-likeness (QED) is 0.818. The fourth-order valence-electron chi connectivity index (χ4n) is 2.40. The lowest BCUT2D eigenvalue weighted by atomic mass is 9.93. The second kappa shape index (κ2) is 6.20. The van der Waals surface area contributed by atoms with Crippen LogP contribution in [0.3, 0.4) is 0 Å². The molecule has 0 spiro atoms. The van der Waals surface area contributed by atoms with Crippen molar-refractivity contribution in [1.82, 2.24) is 0 Å². The van der Waals surface area contributed by atoms with Crippen molar-refractivity contribution in [2.75, 3.05) is 0 Å². The molecule has 1 N–H and O–H groups in total. The Bertz CT molecular complexity index is 343. The Labute approximate surface area is 106 Å². The van der Waals surface area contributed by atoms with E-state index in [9.17, 15) is 5.11 Å². The van der Waals surface area contributed by atoms with Gasteiger partial charge in [0, 0.05) is 0 Å². The lowest BCUT2D eigenvalue weighted by Crippen LogP contribution is -2.13. The van der Waals surface area contributed by atoms with E-state index >= 15 is 0 Å². The van der Waals surface area contributed by atoms with Crippen molar-refractivity contribution in [3.8, 4) is 0 Å². The summed E-state index contributed by atoms with van der Waals surface area (Å²) < 4.78 is 0. The van der Waals surface area contributed by atoms with Crippen LogP contribution in [-0.4, -0.2) is 11.2 Å². The van der Waals surface area contributed by atoms with Gasteiger partial charge in [-0.2, -0.15) is 0 Å². The highest BCUT2D eigenvalue weighted by molar-refractivity contribution is 5.37. The molecule has 0 amide bonds. The van der Waals surface area contributed by atoms with Crippen LogP contribution in [0, 0.1) is 26.7 Å². The number of aliphatic hydroxyl groups is 1. The first-order chi connectivity index (χ1) is 7.90. The summed E-state index contributed by atoms with van der Waals surface area (Å²) in [6, 6.07) is 4.41. The highest BCUT2D eigenvalue weighted by atomic mass is 16.3. The van der Waals surface area contributed by atoms with Crippen LogP contribution in [0.15, 0.2) is 12.1 Å². The van der Waals surface area contributed by atoms with E-state index in [2.05, 4.69) is 46.8 Å². The summed E-state index contributed by atoms with van der Waals surface area (Å²) in [5.74, 6) is 0.671. The Hall–Kier alpha value is -0.820. The van der Waals surface area contributed by atoms with E-state index < -0.39 is 0 Å². The normalized spacial score (nSPS) is 13.1. The topological polar surface area (TPSA) is 20.2 Å².